The topological polar surface area (TPSA) is 83.6 Å². The van der Waals surface area contributed by atoms with Gasteiger partial charge >= 0.3 is 0 Å². The van der Waals surface area contributed by atoms with Gasteiger partial charge < -0.3 is 5.32 Å². The van der Waals surface area contributed by atoms with Crippen LogP contribution in [0.2, 0.25) is 0 Å². The van der Waals surface area contributed by atoms with Gasteiger partial charge in [-0.2, -0.15) is 0 Å². The van der Waals surface area contributed by atoms with Gasteiger partial charge in [0.2, 0.25) is 0 Å². The van der Waals surface area contributed by atoms with Crippen LogP contribution >= 0.6 is 0 Å². The van der Waals surface area contributed by atoms with Crippen molar-refractivity contribution < 1.29 is 18.0 Å². The molecule has 0 saturated carbocycles. The van der Waals surface area contributed by atoms with E-state index in [1.165, 1.54) is 0 Å². The minimum atomic E-state index is -4.00. The van der Waals surface area contributed by atoms with Gasteiger partial charge in [0.05, 0.1) is 12.6 Å². The third-order valence-corrected chi connectivity index (χ3v) is 8.33. The van der Waals surface area contributed by atoms with Crippen LogP contribution in [0.3, 0.4) is 0 Å². The zero-order chi connectivity index (χ0) is 25.3. The Bertz CT molecular complexity index is 1430. The third kappa shape index (κ3) is 4.77. The molecule has 0 spiro atoms. The monoisotopic (exact) mass is 488 g/mol. The number of hydrogen-bond acceptors (Lipinski definition) is 4. The van der Waals surface area contributed by atoms with Crippen molar-refractivity contribution in [1.82, 2.24) is 9.62 Å². The largest absolute Gasteiger partial charge is 0.346 e. The molecule has 35 heavy (non-hydrogen) atoms. The standard InChI is InChI=1S/C28H28N2O4S/c1-18-10-13-25(16-19(18)2)26-20(3)28(32)30(35(26,33)34)17-22-11-14-24(15-12-22)27(31)29-21(4)23-8-6-5-7-9-23/h5-16,21H,17H2,1-4H3,(H,29,31). The minimum absolute atomic E-state index is 0.0523. The molecular formula is C28H28N2O4S. The Morgan fingerprint density at radius 2 is 1.57 bits per heavy atom. The van der Waals surface area contributed by atoms with Crippen molar-refractivity contribution in [3.63, 3.8) is 0 Å². The molecule has 1 aliphatic rings. The molecule has 1 heterocycles. The van der Waals surface area contributed by atoms with E-state index in [4.69, 9.17) is 0 Å². The molecule has 4 rings (SSSR count). The van der Waals surface area contributed by atoms with Gasteiger partial charge in [0.15, 0.2) is 0 Å². The molecule has 6 nitrogen and oxygen atoms in total. The number of sulfonamides is 1. The zero-order valence-corrected chi connectivity index (χ0v) is 21.0. The van der Waals surface area contributed by atoms with Crippen LogP contribution in [0, 0.1) is 13.8 Å². The number of carbonyl (C=O) groups excluding carboxylic acids is 2. The van der Waals surface area contributed by atoms with Crippen LogP contribution in [0.25, 0.3) is 4.91 Å². The number of rotatable bonds is 6. The third-order valence-electron chi connectivity index (χ3n) is 6.39. The van der Waals surface area contributed by atoms with Gasteiger partial charge in [-0.3, -0.25) is 9.59 Å². The normalized spacial score (nSPS) is 15.9. The van der Waals surface area contributed by atoms with Crippen molar-refractivity contribution in [1.29, 1.82) is 0 Å². The summed E-state index contributed by atoms with van der Waals surface area (Å²) in [6.07, 6.45) is 0. The number of nitrogens with zero attached hydrogens (tertiary/aromatic N) is 1. The van der Waals surface area contributed by atoms with E-state index in [2.05, 4.69) is 5.32 Å². The van der Waals surface area contributed by atoms with Crippen molar-refractivity contribution in [2.45, 2.75) is 40.3 Å². The quantitative estimate of drug-likeness (QED) is 0.535. The van der Waals surface area contributed by atoms with Crippen LogP contribution in [0.1, 0.15) is 58.1 Å². The van der Waals surface area contributed by atoms with E-state index in [0.717, 1.165) is 21.0 Å². The van der Waals surface area contributed by atoms with Crippen molar-refractivity contribution in [3.05, 3.63) is 112 Å². The van der Waals surface area contributed by atoms with Gasteiger partial charge in [-0.15, -0.1) is 0 Å². The maximum Gasteiger partial charge on any atom is 0.268 e. The van der Waals surface area contributed by atoms with Crippen molar-refractivity contribution in [3.8, 4) is 0 Å². The molecule has 0 aromatic heterocycles. The Kier molecular flexibility index (Phi) is 6.63. The van der Waals surface area contributed by atoms with E-state index in [0.29, 0.717) is 16.7 Å². The number of nitrogens with one attached hydrogen (secondary N) is 1. The van der Waals surface area contributed by atoms with E-state index < -0.39 is 15.9 Å². The molecule has 3 aromatic rings. The minimum Gasteiger partial charge on any atom is -0.346 e. The molecule has 0 aliphatic carbocycles. The molecule has 1 aliphatic heterocycles. The first kappa shape index (κ1) is 24.4. The lowest BCUT2D eigenvalue weighted by Crippen LogP contribution is -2.31. The Morgan fingerprint density at radius 1 is 0.914 bits per heavy atom. The summed E-state index contributed by atoms with van der Waals surface area (Å²) >= 11 is 0. The molecule has 2 amide bonds. The highest BCUT2D eigenvalue weighted by atomic mass is 32.2. The van der Waals surface area contributed by atoms with Gasteiger partial charge in [0.25, 0.3) is 21.8 Å². The lowest BCUT2D eigenvalue weighted by Gasteiger charge is -2.18. The van der Waals surface area contributed by atoms with Gasteiger partial charge in [0, 0.05) is 11.1 Å². The van der Waals surface area contributed by atoms with E-state index >= 15 is 0 Å². The number of carbonyl (C=O) groups is 2. The average Bonchev–Trinajstić information content (AvgIpc) is 3.01. The second kappa shape index (κ2) is 9.50. The van der Waals surface area contributed by atoms with Crippen LogP contribution < -0.4 is 5.32 Å². The Labute approximate surface area is 206 Å². The van der Waals surface area contributed by atoms with Crippen molar-refractivity contribution in [2.75, 3.05) is 0 Å². The lowest BCUT2D eigenvalue weighted by molar-refractivity contribution is -0.122. The fourth-order valence-corrected chi connectivity index (χ4v) is 5.93. The number of hydrogen-bond donors (Lipinski definition) is 1. The number of aryl methyl sites for hydroxylation is 2. The Balaban J connectivity index is 1.50. The summed E-state index contributed by atoms with van der Waals surface area (Å²) in [4.78, 5) is 25.6. The first-order valence-corrected chi connectivity index (χ1v) is 12.8. The molecule has 3 aromatic carbocycles. The second-order valence-corrected chi connectivity index (χ2v) is 10.7. The van der Waals surface area contributed by atoms with Gasteiger partial charge in [-0.25, -0.2) is 12.7 Å². The van der Waals surface area contributed by atoms with Gasteiger partial charge in [-0.05, 0) is 67.6 Å². The summed E-state index contributed by atoms with van der Waals surface area (Å²) in [7, 11) is -4.00. The van der Waals surface area contributed by atoms with Crippen LogP contribution in [-0.4, -0.2) is 24.5 Å². The molecule has 0 radical (unpaired) electrons. The molecule has 0 fully saturated rings. The SMILES string of the molecule is CC1=C(c2ccc(C)c(C)c2)S(=O)(=O)N(Cc2ccc(C(=O)NC(C)c3ccccc3)cc2)C1=O. The maximum atomic E-state index is 13.3. The maximum absolute atomic E-state index is 13.3. The van der Waals surface area contributed by atoms with Gasteiger partial charge in [0.1, 0.15) is 4.91 Å². The molecule has 0 saturated heterocycles. The average molecular weight is 489 g/mol. The molecular weight excluding hydrogens is 460 g/mol. The Hall–Kier alpha value is -3.71. The number of benzene rings is 3. The molecule has 0 bridgehead atoms. The van der Waals surface area contributed by atoms with Crippen LogP contribution in [0.15, 0.2) is 78.4 Å². The van der Waals surface area contributed by atoms with E-state index in [1.807, 2.05) is 57.2 Å². The smallest absolute Gasteiger partial charge is 0.268 e. The summed E-state index contributed by atoms with van der Waals surface area (Å²) in [5, 5.41) is 2.96. The number of amides is 2. The highest BCUT2D eigenvalue weighted by Gasteiger charge is 2.42. The van der Waals surface area contributed by atoms with Crippen LogP contribution in [-0.2, 0) is 21.4 Å². The highest BCUT2D eigenvalue weighted by Crippen LogP contribution is 2.37. The Morgan fingerprint density at radius 3 is 2.20 bits per heavy atom. The highest BCUT2D eigenvalue weighted by molar-refractivity contribution is 7.99. The molecule has 180 valence electrons. The second-order valence-electron chi connectivity index (χ2n) is 8.87. The zero-order valence-electron chi connectivity index (χ0n) is 20.2. The predicted molar refractivity (Wildman–Crippen MR) is 137 cm³/mol. The van der Waals surface area contributed by atoms with E-state index in [9.17, 15) is 18.0 Å². The predicted octanol–water partition coefficient (Wildman–Crippen LogP) is 4.90. The van der Waals surface area contributed by atoms with Crippen LogP contribution in [0.4, 0.5) is 0 Å². The van der Waals surface area contributed by atoms with Crippen molar-refractivity contribution in [2.24, 2.45) is 0 Å². The summed E-state index contributed by atoms with van der Waals surface area (Å²) in [6.45, 7) is 7.22. The summed E-state index contributed by atoms with van der Waals surface area (Å²) < 4.78 is 27.6. The van der Waals surface area contributed by atoms with E-state index in [-0.39, 0.29) is 29.0 Å². The van der Waals surface area contributed by atoms with Crippen molar-refractivity contribution >= 4 is 26.7 Å². The van der Waals surface area contributed by atoms with E-state index in [1.54, 1.807) is 43.3 Å². The molecule has 1 N–H and O–H groups in total. The molecule has 1 atom stereocenters. The first-order valence-electron chi connectivity index (χ1n) is 11.4. The molecule has 1 unspecified atom stereocenters. The summed E-state index contributed by atoms with van der Waals surface area (Å²) in [5.41, 5.74) is 4.80. The fraction of sp³-hybridized carbons (Fsp3) is 0.214. The van der Waals surface area contributed by atoms with Gasteiger partial charge in [-0.1, -0.05) is 60.7 Å². The summed E-state index contributed by atoms with van der Waals surface area (Å²) in [6, 6.07) is 21.5. The lowest BCUT2D eigenvalue weighted by atomic mass is 10.0. The van der Waals surface area contributed by atoms with Crippen LogP contribution in [0.5, 0.6) is 0 Å². The molecule has 7 heteroatoms. The fourth-order valence-electron chi connectivity index (χ4n) is 4.13. The first-order chi connectivity index (χ1) is 16.6. The summed E-state index contributed by atoms with van der Waals surface area (Å²) in [5.74, 6) is -0.760.